The number of methoxy groups -OCH3 is 1. The van der Waals surface area contributed by atoms with E-state index in [-0.39, 0.29) is 5.91 Å². The number of hydrogen-bond donors (Lipinski definition) is 1. The number of rotatable bonds is 5. The molecule has 30 heavy (non-hydrogen) atoms. The summed E-state index contributed by atoms with van der Waals surface area (Å²) in [7, 11) is 1.63. The van der Waals surface area contributed by atoms with Crippen molar-refractivity contribution < 1.29 is 9.53 Å². The SMILES string of the molecule is COc1ccc(CNC(=O)c2cc(C)nc3c(-c4cccc(C)c4)c(C)nn23)cc1. The zero-order valence-electron chi connectivity index (χ0n) is 17.6. The van der Waals surface area contributed by atoms with E-state index in [0.29, 0.717) is 17.9 Å². The van der Waals surface area contributed by atoms with Crippen LogP contribution in [0.2, 0.25) is 0 Å². The normalized spacial score (nSPS) is 10.9. The van der Waals surface area contributed by atoms with Crippen molar-refractivity contribution in [1.29, 1.82) is 0 Å². The summed E-state index contributed by atoms with van der Waals surface area (Å²) in [6.45, 7) is 6.31. The van der Waals surface area contributed by atoms with E-state index < -0.39 is 0 Å². The number of aromatic nitrogens is 3. The van der Waals surface area contributed by atoms with Crippen LogP contribution in [0, 0.1) is 20.8 Å². The van der Waals surface area contributed by atoms with Crippen LogP contribution in [-0.2, 0) is 6.54 Å². The first-order valence-electron chi connectivity index (χ1n) is 9.81. The summed E-state index contributed by atoms with van der Waals surface area (Å²) >= 11 is 0. The Morgan fingerprint density at radius 2 is 1.83 bits per heavy atom. The molecule has 0 fully saturated rings. The number of ether oxygens (including phenoxy) is 1. The van der Waals surface area contributed by atoms with Gasteiger partial charge in [-0.15, -0.1) is 0 Å². The highest BCUT2D eigenvalue weighted by molar-refractivity contribution is 5.94. The largest absolute Gasteiger partial charge is 0.497 e. The Morgan fingerprint density at radius 1 is 1.07 bits per heavy atom. The van der Waals surface area contributed by atoms with Gasteiger partial charge in [-0.1, -0.05) is 42.0 Å². The first-order valence-corrected chi connectivity index (χ1v) is 9.81. The van der Waals surface area contributed by atoms with E-state index in [0.717, 1.165) is 39.4 Å². The number of benzene rings is 2. The molecule has 152 valence electrons. The molecule has 0 aliphatic carbocycles. The minimum Gasteiger partial charge on any atom is -0.497 e. The van der Waals surface area contributed by atoms with E-state index in [4.69, 9.17) is 4.74 Å². The fraction of sp³-hybridized carbons (Fsp3) is 0.208. The molecule has 0 spiro atoms. The Bertz CT molecular complexity index is 1230. The average Bonchev–Trinajstić information content (AvgIpc) is 3.07. The lowest BCUT2D eigenvalue weighted by Gasteiger charge is -2.09. The van der Waals surface area contributed by atoms with Crippen molar-refractivity contribution in [2.45, 2.75) is 27.3 Å². The summed E-state index contributed by atoms with van der Waals surface area (Å²) < 4.78 is 6.82. The molecule has 2 aromatic carbocycles. The molecular formula is C24H24N4O2. The van der Waals surface area contributed by atoms with E-state index in [1.165, 1.54) is 0 Å². The number of nitrogens with one attached hydrogen (secondary N) is 1. The van der Waals surface area contributed by atoms with E-state index >= 15 is 0 Å². The van der Waals surface area contributed by atoms with Gasteiger partial charge in [-0.2, -0.15) is 5.10 Å². The van der Waals surface area contributed by atoms with Crippen LogP contribution >= 0.6 is 0 Å². The number of hydrogen-bond acceptors (Lipinski definition) is 4. The lowest BCUT2D eigenvalue weighted by Crippen LogP contribution is -2.25. The zero-order chi connectivity index (χ0) is 21.3. The van der Waals surface area contributed by atoms with E-state index in [1.807, 2.05) is 50.2 Å². The van der Waals surface area contributed by atoms with Gasteiger partial charge in [0.1, 0.15) is 11.4 Å². The molecule has 6 heteroatoms. The first-order chi connectivity index (χ1) is 14.5. The molecule has 4 rings (SSSR count). The van der Waals surface area contributed by atoms with Crippen molar-refractivity contribution in [3.63, 3.8) is 0 Å². The highest BCUT2D eigenvalue weighted by Crippen LogP contribution is 2.28. The molecule has 0 bridgehead atoms. The maximum Gasteiger partial charge on any atom is 0.270 e. The minimum absolute atomic E-state index is 0.195. The van der Waals surface area contributed by atoms with Crippen molar-refractivity contribution in [3.8, 4) is 16.9 Å². The summed E-state index contributed by atoms with van der Waals surface area (Å²) in [4.78, 5) is 17.7. The number of aryl methyl sites for hydroxylation is 3. The third-order valence-electron chi connectivity index (χ3n) is 5.04. The monoisotopic (exact) mass is 400 g/mol. The van der Waals surface area contributed by atoms with Gasteiger partial charge < -0.3 is 10.1 Å². The van der Waals surface area contributed by atoms with E-state index in [1.54, 1.807) is 17.7 Å². The predicted octanol–water partition coefficient (Wildman–Crippen LogP) is 4.26. The standard InChI is InChI=1S/C24H24N4O2/c1-15-6-5-7-19(12-15)22-17(3)27-28-21(13-16(2)26-23(22)28)24(29)25-14-18-8-10-20(30-4)11-9-18/h5-13H,14H2,1-4H3,(H,25,29). The first kappa shape index (κ1) is 19.6. The van der Waals surface area contributed by atoms with Gasteiger partial charge in [-0.3, -0.25) is 4.79 Å². The molecule has 0 aliphatic rings. The zero-order valence-corrected chi connectivity index (χ0v) is 17.6. The van der Waals surface area contributed by atoms with Gasteiger partial charge in [0.15, 0.2) is 5.65 Å². The van der Waals surface area contributed by atoms with Crippen molar-refractivity contribution >= 4 is 11.6 Å². The molecule has 0 unspecified atom stereocenters. The fourth-order valence-electron chi connectivity index (χ4n) is 3.56. The molecule has 4 aromatic rings. The predicted molar refractivity (Wildman–Crippen MR) is 117 cm³/mol. The summed E-state index contributed by atoms with van der Waals surface area (Å²) in [5.74, 6) is 0.590. The Labute approximate surface area is 175 Å². The van der Waals surface area contributed by atoms with Crippen LogP contribution in [0.5, 0.6) is 5.75 Å². The highest BCUT2D eigenvalue weighted by Gasteiger charge is 2.19. The summed E-state index contributed by atoms with van der Waals surface area (Å²) in [5.41, 5.74) is 6.91. The van der Waals surface area contributed by atoms with E-state index in [2.05, 4.69) is 34.5 Å². The molecule has 6 nitrogen and oxygen atoms in total. The van der Waals surface area contributed by atoms with Gasteiger partial charge in [0.05, 0.1) is 12.8 Å². The van der Waals surface area contributed by atoms with Crippen molar-refractivity contribution in [3.05, 3.63) is 82.8 Å². The number of carbonyl (C=O) groups is 1. The van der Waals surface area contributed by atoms with Gasteiger partial charge in [-0.05, 0) is 50.1 Å². The van der Waals surface area contributed by atoms with Crippen LogP contribution in [0.1, 0.15) is 33.0 Å². The number of amides is 1. The lowest BCUT2D eigenvalue weighted by atomic mass is 10.0. The van der Waals surface area contributed by atoms with E-state index in [9.17, 15) is 4.79 Å². The highest BCUT2D eigenvalue weighted by atomic mass is 16.5. The van der Waals surface area contributed by atoms with Gasteiger partial charge in [-0.25, -0.2) is 9.50 Å². The maximum absolute atomic E-state index is 13.0. The second kappa shape index (κ2) is 7.99. The van der Waals surface area contributed by atoms with Crippen molar-refractivity contribution in [1.82, 2.24) is 19.9 Å². The van der Waals surface area contributed by atoms with Crippen molar-refractivity contribution in [2.24, 2.45) is 0 Å². The molecule has 0 radical (unpaired) electrons. The number of carbonyl (C=O) groups excluding carboxylic acids is 1. The average molecular weight is 400 g/mol. The Hall–Kier alpha value is -3.67. The number of nitrogens with zero attached hydrogens (tertiary/aromatic N) is 3. The minimum atomic E-state index is -0.195. The Balaban J connectivity index is 1.68. The molecular weight excluding hydrogens is 376 g/mol. The van der Waals surface area contributed by atoms with Crippen LogP contribution < -0.4 is 10.1 Å². The Morgan fingerprint density at radius 3 is 2.53 bits per heavy atom. The maximum atomic E-state index is 13.0. The molecule has 0 aliphatic heterocycles. The van der Waals surface area contributed by atoms with Crippen LogP contribution in [0.15, 0.2) is 54.6 Å². The van der Waals surface area contributed by atoms with Crippen LogP contribution in [0.3, 0.4) is 0 Å². The smallest absolute Gasteiger partial charge is 0.270 e. The quantitative estimate of drug-likeness (QED) is 0.543. The molecule has 0 saturated carbocycles. The summed E-state index contributed by atoms with van der Waals surface area (Å²) in [6, 6.07) is 17.6. The second-order valence-corrected chi connectivity index (χ2v) is 7.38. The molecule has 2 aromatic heterocycles. The third kappa shape index (κ3) is 3.76. The molecule has 0 atom stereocenters. The topological polar surface area (TPSA) is 68.5 Å². The second-order valence-electron chi connectivity index (χ2n) is 7.38. The fourth-order valence-corrected chi connectivity index (χ4v) is 3.56. The molecule has 1 amide bonds. The lowest BCUT2D eigenvalue weighted by molar-refractivity contribution is 0.0943. The summed E-state index contributed by atoms with van der Waals surface area (Å²) in [6.07, 6.45) is 0. The molecule has 1 N–H and O–H groups in total. The number of fused-ring (bicyclic) bond motifs is 1. The van der Waals surface area contributed by atoms with Gasteiger partial charge in [0.25, 0.3) is 5.91 Å². The summed E-state index contributed by atoms with van der Waals surface area (Å²) in [5, 5.41) is 7.62. The molecule has 2 heterocycles. The van der Waals surface area contributed by atoms with Gasteiger partial charge in [0, 0.05) is 17.8 Å². The van der Waals surface area contributed by atoms with Crippen LogP contribution in [-0.4, -0.2) is 27.6 Å². The van der Waals surface area contributed by atoms with Crippen LogP contribution in [0.4, 0.5) is 0 Å². The molecule has 0 saturated heterocycles. The third-order valence-corrected chi connectivity index (χ3v) is 5.04. The van der Waals surface area contributed by atoms with Gasteiger partial charge in [0.2, 0.25) is 0 Å². The van der Waals surface area contributed by atoms with Crippen LogP contribution in [0.25, 0.3) is 16.8 Å². The Kier molecular flexibility index (Phi) is 5.23. The van der Waals surface area contributed by atoms with Crippen molar-refractivity contribution in [2.75, 3.05) is 7.11 Å². The van der Waals surface area contributed by atoms with Gasteiger partial charge >= 0.3 is 0 Å².